The van der Waals surface area contributed by atoms with Gasteiger partial charge in [-0.1, -0.05) is 0 Å². The fraction of sp³-hybridized carbons (Fsp3) is 0.700. The van der Waals surface area contributed by atoms with Crippen molar-refractivity contribution in [3.05, 3.63) is 18.0 Å². The van der Waals surface area contributed by atoms with Crippen molar-refractivity contribution < 1.29 is 0 Å². The predicted octanol–water partition coefficient (Wildman–Crippen LogP) is 0.592. The highest BCUT2D eigenvalue weighted by atomic mass is 15.3. The summed E-state index contributed by atoms with van der Waals surface area (Å²) in [5.74, 6) is 0. The van der Waals surface area contributed by atoms with Crippen molar-refractivity contribution in [3.8, 4) is 0 Å². The molecular formula is C10H18N4. The highest BCUT2D eigenvalue weighted by Crippen LogP contribution is 2.12. The Balaban J connectivity index is 2.01. The van der Waals surface area contributed by atoms with E-state index in [1.165, 1.54) is 5.69 Å². The molecule has 1 fully saturated rings. The first-order valence-electron chi connectivity index (χ1n) is 5.22. The standard InChI is InChI=1S/C10H18N4/c1-8-5-11-6-9(2)14(8)7-10-3-4-12-13-10/h3-4,8-9,11H,5-7H2,1-2H3,(H,12,13). The number of hydrogen-bond acceptors (Lipinski definition) is 3. The molecule has 0 radical (unpaired) electrons. The average molecular weight is 194 g/mol. The number of nitrogens with one attached hydrogen (secondary N) is 2. The molecule has 1 aliphatic rings. The molecule has 2 atom stereocenters. The third-order valence-corrected chi connectivity index (χ3v) is 2.92. The average Bonchev–Trinajstić information content (AvgIpc) is 2.64. The van der Waals surface area contributed by atoms with Gasteiger partial charge in [0.25, 0.3) is 0 Å². The number of aromatic nitrogens is 2. The number of piperazine rings is 1. The van der Waals surface area contributed by atoms with E-state index < -0.39 is 0 Å². The van der Waals surface area contributed by atoms with Crippen LogP contribution in [0.5, 0.6) is 0 Å². The van der Waals surface area contributed by atoms with Crippen molar-refractivity contribution in [1.29, 1.82) is 0 Å². The molecule has 1 aromatic heterocycles. The molecule has 2 heterocycles. The highest BCUT2D eigenvalue weighted by molar-refractivity contribution is 4.99. The van der Waals surface area contributed by atoms with E-state index in [-0.39, 0.29) is 0 Å². The van der Waals surface area contributed by atoms with Crippen LogP contribution < -0.4 is 5.32 Å². The van der Waals surface area contributed by atoms with Gasteiger partial charge in [0.1, 0.15) is 0 Å². The lowest BCUT2D eigenvalue weighted by molar-refractivity contribution is 0.107. The molecule has 2 rings (SSSR count). The lowest BCUT2D eigenvalue weighted by Gasteiger charge is -2.39. The van der Waals surface area contributed by atoms with Crippen LogP contribution in [0.1, 0.15) is 19.5 Å². The maximum Gasteiger partial charge on any atom is 0.0492 e. The molecule has 14 heavy (non-hydrogen) atoms. The molecular weight excluding hydrogens is 176 g/mol. The molecule has 1 saturated heterocycles. The van der Waals surface area contributed by atoms with E-state index in [0.717, 1.165) is 19.6 Å². The minimum atomic E-state index is 0.599. The van der Waals surface area contributed by atoms with Crippen LogP contribution in [0.3, 0.4) is 0 Å². The molecule has 0 saturated carbocycles. The molecule has 1 aromatic rings. The molecule has 78 valence electrons. The second-order valence-corrected chi connectivity index (χ2v) is 4.11. The Kier molecular flexibility index (Phi) is 2.84. The monoisotopic (exact) mass is 194 g/mol. The summed E-state index contributed by atoms with van der Waals surface area (Å²) < 4.78 is 0. The second-order valence-electron chi connectivity index (χ2n) is 4.11. The van der Waals surface area contributed by atoms with Crippen LogP contribution in [0, 0.1) is 0 Å². The Labute approximate surface area is 84.7 Å². The summed E-state index contributed by atoms with van der Waals surface area (Å²) in [6, 6.07) is 3.24. The minimum Gasteiger partial charge on any atom is -0.314 e. The number of hydrogen-bond donors (Lipinski definition) is 2. The van der Waals surface area contributed by atoms with Gasteiger partial charge in [-0.2, -0.15) is 5.10 Å². The Morgan fingerprint density at radius 2 is 2.14 bits per heavy atom. The van der Waals surface area contributed by atoms with Crippen LogP contribution in [0.4, 0.5) is 0 Å². The predicted molar refractivity (Wildman–Crippen MR) is 55.9 cm³/mol. The molecule has 4 nitrogen and oxygen atoms in total. The Bertz CT molecular complexity index is 260. The van der Waals surface area contributed by atoms with Crippen molar-refractivity contribution in [2.45, 2.75) is 32.5 Å². The number of H-pyrrole nitrogens is 1. The van der Waals surface area contributed by atoms with E-state index in [4.69, 9.17) is 0 Å². The van der Waals surface area contributed by atoms with Gasteiger partial charge in [0.2, 0.25) is 0 Å². The summed E-state index contributed by atoms with van der Waals surface area (Å²) in [5, 5.41) is 10.4. The zero-order valence-electron chi connectivity index (χ0n) is 8.83. The van der Waals surface area contributed by atoms with Gasteiger partial charge in [0.15, 0.2) is 0 Å². The maximum atomic E-state index is 3.97. The van der Waals surface area contributed by atoms with E-state index in [0.29, 0.717) is 12.1 Å². The molecule has 0 aromatic carbocycles. The van der Waals surface area contributed by atoms with Gasteiger partial charge in [0.05, 0.1) is 0 Å². The van der Waals surface area contributed by atoms with Crippen molar-refractivity contribution >= 4 is 0 Å². The van der Waals surface area contributed by atoms with Crippen LogP contribution in [-0.4, -0.2) is 40.3 Å². The van der Waals surface area contributed by atoms with Gasteiger partial charge in [-0.3, -0.25) is 10.00 Å². The molecule has 0 spiro atoms. The van der Waals surface area contributed by atoms with Crippen molar-refractivity contribution in [2.24, 2.45) is 0 Å². The first-order valence-corrected chi connectivity index (χ1v) is 5.22. The smallest absolute Gasteiger partial charge is 0.0492 e. The summed E-state index contributed by atoms with van der Waals surface area (Å²) in [6.07, 6.45) is 1.81. The topological polar surface area (TPSA) is 44.0 Å². The Hall–Kier alpha value is -0.870. The molecule has 0 amide bonds. The Morgan fingerprint density at radius 1 is 1.43 bits per heavy atom. The third-order valence-electron chi connectivity index (χ3n) is 2.92. The zero-order valence-corrected chi connectivity index (χ0v) is 8.83. The van der Waals surface area contributed by atoms with E-state index >= 15 is 0 Å². The number of rotatable bonds is 2. The fourth-order valence-electron chi connectivity index (χ4n) is 2.05. The van der Waals surface area contributed by atoms with Gasteiger partial charge in [-0.05, 0) is 19.9 Å². The Morgan fingerprint density at radius 3 is 2.71 bits per heavy atom. The van der Waals surface area contributed by atoms with E-state index in [2.05, 4.69) is 34.3 Å². The first-order chi connectivity index (χ1) is 6.77. The SMILES string of the molecule is CC1CNCC(C)N1Cc1ccn[nH]1. The van der Waals surface area contributed by atoms with Crippen molar-refractivity contribution in [2.75, 3.05) is 13.1 Å². The van der Waals surface area contributed by atoms with Crippen LogP contribution in [0.15, 0.2) is 12.3 Å². The summed E-state index contributed by atoms with van der Waals surface area (Å²) in [7, 11) is 0. The lowest BCUT2D eigenvalue weighted by atomic mass is 10.1. The summed E-state index contributed by atoms with van der Waals surface area (Å²) in [4.78, 5) is 2.50. The van der Waals surface area contributed by atoms with E-state index in [9.17, 15) is 0 Å². The third kappa shape index (κ3) is 1.96. The molecule has 0 bridgehead atoms. The van der Waals surface area contributed by atoms with Gasteiger partial charge >= 0.3 is 0 Å². The molecule has 2 unspecified atom stereocenters. The maximum absolute atomic E-state index is 3.97. The van der Waals surface area contributed by atoms with Crippen molar-refractivity contribution in [1.82, 2.24) is 20.4 Å². The first kappa shape index (κ1) is 9.68. The van der Waals surface area contributed by atoms with Crippen LogP contribution in [-0.2, 0) is 6.54 Å². The molecule has 0 aliphatic carbocycles. The second kappa shape index (κ2) is 4.11. The van der Waals surface area contributed by atoms with Crippen LogP contribution in [0.2, 0.25) is 0 Å². The normalized spacial score (nSPS) is 29.3. The molecule has 1 aliphatic heterocycles. The summed E-state index contributed by atoms with van der Waals surface area (Å²) >= 11 is 0. The van der Waals surface area contributed by atoms with Crippen molar-refractivity contribution in [3.63, 3.8) is 0 Å². The van der Waals surface area contributed by atoms with Crippen LogP contribution in [0.25, 0.3) is 0 Å². The minimum absolute atomic E-state index is 0.599. The molecule has 2 N–H and O–H groups in total. The summed E-state index contributed by atoms with van der Waals surface area (Å²) in [5.41, 5.74) is 1.20. The van der Waals surface area contributed by atoms with Gasteiger partial charge < -0.3 is 5.32 Å². The van der Waals surface area contributed by atoms with E-state index in [1.807, 2.05) is 12.3 Å². The lowest BCUT2D eigenvalue weighted by Crippen LogP contribution is -2.54. The summed E-state index contributed by atoms with van der Waals surface area (Å²) in [6.45, 7) is 7.67. The van der Waals surface area contributed by atoms with Crippen LogP contribution >= 0.6 is 0 Å². The number of aromatic amines is 1. The number of nitrogens with zero attached hydrogens (tertiary/aromatic N) is 2. The quantitative estimate of drug-likeness (QED) is 0.724. The highest BCUT2D eigenvalue weighted by Gasteiger charge is 2.24. The van der Waals surface area contributed by atoms with Gasteiger partial charge in [-0.25, -0.2) is 0 Å². The van der Waals surface area contributed by atoms with E-state index in [1.54, 1.807) is 0 Å². The molecule has 4 heteroatoms. The van der Waals surface area contributed by atoms with Gasteiger partial charge in [-0.15, -0.1) is 0 Å². The zero-order chi connectivity index (χ0) is 9.97. The largest absolute Gasteiger partial charge is 0.314 e. The fourth-order valence-corrected chi connectivity index (χ4v) is 2.05. The van der Waals surface area contributed by atoms with Gasteiger partial charge in [0, 0.05) is 43.6 Å².